The molecular formula is C20H22FN5O4. The SMILES string of the molecule is CCOc1cnc(C(=O)Nc2ccc(F)c(C34COCC3(C)COC(N)=N4)c2)cn1. The smallest absolute Gasteiger partial charge is 0.282 e. The van der Waals surface area contributed by atoms with Crippen molar-refractivity contribution in [2.75, 3.05) is 31.7 Å². The number of carbonyl (C=O) groups excluding carboxylic acids is 1. The number of rotatable bonds is 5. The van der Waals surface area contributed by atoms with Gasteiger partial charge in [0.05, 0.1) is 37.6 Å². The van der Waals surface area contributed by atoms with Gasteiger partial charge in [0.1, 0.15) is 23.7 Å². The van der Waals surface area contributed by atoms with E-state index in [-0.39, 0.29) is 30.5 Å². The van der Waals surface area contributed by atoms with Gasteiger partial charge in [0.2, 0.25) is 5.88 Å². The van der Waals surface area contributed by atoms with Crippen LogP contribution in [0.1, 0.15) is 29.9 Å². The maximum Gasteiger partial charge on any atom is 0.282 e. The molecule has 1 fully saturated rings. The number of nitrogens with two attached hydrogens (primary N) is 1. The minimum atomic E-state index is -1.04. The molecule has 3 heterocycles. The van der Waals surface area contributed by atoms with Crippen molar-refractivity contribution in [3.63, 3.8) is 0 Å². The van der Waals surface area contributed by atoms with Gasteiger partial charge in [-0.05, 0) is 25.1 Å². The lowest BCUT2D eigenvalue weighted by Gasteiger charge is -2.42. The Balaban J connectivity index is 1.64. The lowest BCUT2D eigenvalue weighted by Crippen LogP contribution is -2.50. The summed E-state index contributed by atoms with van der Waals surface area (Å²) in [4.78, 5) is 25.1. The zero-order valence-electron chi connectivity index (χ0n) is 16.6. The van der Waals surface area contributed by atoms with Crippen molar-refractivity contribution >= 4 is 17.6 Å². The van der Waals surface area contributed by atoms with E-state index in [2.05, 4.69) is 20.3 Å². The molecule has 0 bridgehead atoms. The van der Waals surface area contributed by atoms with Crippen molar-refractivity contribution in [2.24, 2.45) is 16.1 Å². The average Bonchev–Trinajstić information content (AvgIpc) is 3.07. The van der Waals surface area contributed by atoms with Crippen LogP contribution in [-0.4, -0.2) is 48.3 Å². The molecule has 9 nitrogen and oxygen atoms in total. The molecule has 0 aliphatic carbocycles. The molecule has 2 unspecified atom stereocenters. The first-order valence-electron chi connectivity index (χ1n) is 9.49. The summed E-state index contributed by atoms with van der Waals surface area (Å²) in [7, 11) is 0. The predicted molar refractivity (Wildman–Crippen MR) is 106 cm³/mol. The number of fused-ring (bicyclic) bond motifs is 1. The van der Waals surface area contributed by atoms with E-state index < -0.39 is 22.7 Å². The molecule has 1 aromatic carbocycles. The molecule has 4 rings (SSSR count). The zero-order chi connectivity index (χ0) is 21.4. The first kappa shape index (κ1) is 20.0. The number of amides is 1. The lowest BCUT2D eigenvalue weighted by atomic mass is 9.69. The van der Waals surface area contributed by atoms with E-state index in [9.17, 15) is 9.18 Å². The van der Waals surface area contributed by atoms with Crippen molar-refractivity contribution in [3.05, 3.63) is 47.7 Å². The van der Waals surface area contributed by atoms with E-state index in [0.29, 0.717) is 24.8 Å². The average molecular weight is 415 g/mol. The number of ether oxygens (including phenoxy) is 3. The molecule has 2 atom stereocenters. The summed E-state index contributed by atoms with van der Waals surface area (Å²) >= 11 is 0. The molecule has 2 aromatic rings. The third kappa shape index (κ3) is 3.32. The molecule has 0 saturated carbocycles. The second kappa shape index (κ2) is 7.52. The number of amidine groups is 1. The van der Waals surface area contributed by atoms with Gasteiger partial charge in [0.25, 0.3) is 11.9 Å². The van der Waals surface area contributed by atoms with Crippen molar-refractivity contribution < 1.29 is 23.4 Å². The highest BCUT2D eigenvalue weighted by molar-refractivity contribution is 6.02. The number of nitrogens with one attached hydrogen (secondary N) is 1. The van der Waals surface area contributed by atoms with Crippen molar-refractivity contribution in [1.82, 2.24) is 9.97 Å². The zero-order valence-corrected chi connectivity index (χ0v) is 16.6. The van der Waals surface area contributed by atoms with Crippen LogP contribution in [0, 0.1) is 11.2 Å². The first-order chi connectivity index (χ1) is 14.4. The Labute approximate surface area is 172 Å². The third-order valence-electron chi connectivity index (χ3n) is 5.39. The van der Waals surface area contributed by atoms with Gasteiger partial charge in [-0.2, -0.15) is 0 Å². The van der Waals surface area contributed by atoms with Crippen molar-refractivity contribution in [1.29, 1.82) is 0 Å². The molecular weight excluding hydrogens is 393 g/mol. The Morgan fingerprint density at radius 3 is 2.87 bits per heavy atom. The number of aromatic nitrogens is 2. The van der Waals surface area contributed by atoms with E-state index in [1.54, 1.807) is 6.07 Å². The van der Waals surface area contributed by atoms with E-state index in [0.717, 1.165) is 0 Å². The fraction of sp³-hybridized carbons (Fsp3) is 0.400. The number of aliphatic imine (C=N–C) groups is 1. The van der Waals surface area contributed by atoms with Crippen LogP contribution < -0.4 is 15.8 Å². The fourth-order valence-electron chi connectivity index (χ4n) is 3.73. The van der Waals surface area contributed by atoms with Crippen molar-refractivity contribution in [2.45, 2.75) is 19.4 Å². The number of halogens is 1. The van der Waals surface area contributed by atoms with Gasteiger partial charge in [-0.3, -0.25) is 4.79 Å². The Kier molecular flexibility index (Phi) is 5.02. The molecule has 2 aliphatic heterocycles. The summed E-state index contributed by atoms with van der Waals surface area (Å²) in [5.41, 5.74) is 4.93. The largest absolute Gasteiger partial charge is 0.477 e. The number of hydrogen-bond donors (Lipinski definition) is 2. The second-order valence-corrected chi connectivity index (χ2v) is 7.47. The molecule has 0 spiro atoms. The molecule has 158 valence electrons. The molecule has 10 heteroatoms. The number of anilines is 1. The topological polar surface area (TPSA) is 121 Å². The Hall–Kier alpha value is -3.27. The highest BCUT2D eigenvalue weighted by Gasteiger charge is 2.58. The summed E-state index contributed by atoms with van der Waals surface area (Å²) in [6.45, 7) is 4.94. The Morgan fingerprint density at radius 2 is 2.13 bits per heavy atom. The maximum atomic E-state index is 14.9. The minimum Gasteiger partial charge on any atom is -0.477 e. The molecule has 0 radical (unpaired) electrons. The van der Waals surface area contributed by atoms with Crippen LogP contribution in [0.5, 0.6) is 5.88 Å². The normalized spacial score (nSPS) is 25.1. The van der Waals surface area contributed by atoms with Crippen LogP contribution in [0.3, 0.4) is 0 Å². The van der Waals surface area contributed by atoms with Crippen LogP contribution >= 0.6 is 0 Å². The van der Waals surface area contributed by atoms with E-state index in [4.69, 9.17) is 19.9 Å². The fourth-order valence-corrected chi connectivity index (χ4v) is 3.73. The summed E-state index contributed by atoms with van der Waals surface area (Å²) in [5, 5.41) is 2.72. The van der Waals surface area contributed by atoms with Gasteiger partial charge in [-0.1, -0.05) is 6.92 Å². The summed E-state index contributed by atoms with van der Waals surface area (Å²) in [6, 6.07) is 4.28. The monoisotopic (exact) mass is 415 g/mol. The molecule has 1 amide bonds. The van der Waals surface area contributed by atoms with Crippen LogP contribution in [0.4, 0.5) is 10.1 Å². The number of hydrogen-bond acceptors (Lipinski definition) is 8. The van der Waals surface area contributed by atoms with E-state index in [1.807, 2.05) is 13.8 Å². The summed E-state index contributed by atoms with van der Waals surface area (Å²) < 4.78 is 31.2. The predicted octanol–water partition coefficient (Wildman–Crippen LogP) is 1.84. The molecule has 1 aromatic heterocycles. The quantitative estimate of drug-likeness (QED) is 0.764. The Bertz CT molecular complexity index is 999. The minimum absolute atomic E-state index is 0.0172. The summed E-state index contributed by atoms with van der Waals surface area (Å²) in [5.74, 6) is -0.627. The van der Waals surface area contributed by atoms with Gasteiger partial charge >= 0.3 is 0 Å². The molecule has 1 saturated heterocycles. The highest BCUT2D eigenvalue weighted by atomic mass is 19.1. The lowest BCUT2D eigenvalue weighted by molar-refractivity contribution is 0.0665. The highest BCUT2D eigenvalue weighted by Crippen LogP contribution is 2.51. The van der Waals surface area contributed by atoms with Crippen LogP contribution in [0.25, 0.3) is 0 Å². The third-order valence-corrected chi connectivity index (χ3v) is 5.39. The van der Waals surface area contributed by atoms with Crippen LogP contribution in [0.2, 0.25) is 0 Å². The molecule has 3 N–H and O–H groups in total. The van der Waals surface area contributed by atoms with Gasteiger partial charge in [0.15, 0.2) is 0 Å². The Morgan fingerprint density at radius 1 is 1.30 bits per heavy atom. The molecule has 30 heavy (non-hydrogen) atoms. The first-order valence-corrected chi connectivity index (χ1v) is 9.49. The van der Waals surface area contributed by atoms with E-state index in [1.165, 1.54) is 24.5 Å². The maximum absolute atomic E-state index is 14.9. The van der Waals surface area contributed by atoms with Crippen molar-refractivity contribution in [3.8, 4) is 5.88 Å². The van der Waals surface area contributed by atoms with Gasteiger partial charge in [-0.15, -0.1) is 0 Å². The van der Waals surface area contributed by atoms with Gasteiger partial charge in [0, 0.05) is 11.3 Å². The number of carbonyl (C=O) groups is 1. The van der Waals surface area contributed by atoms with Crippen LogP contribution in [0.15, 0.2) is 35.6 Å². The number of benzene rings is 1. The van der Waals surface area contributed by atoms with Gasteiger partial charge in [-0.25, -0.2) is 19.4 Å². The van der Waals surface area contributed by atoms with Crippen LogP contribution in [-0.2, 0) is 15.0 Å². The summed E-state index contributed by atoms with van der Waals surface area (Å²) in [6.07, 6.45) is 2.68. The standard InChI is InChI=1S/C20H22FN5O4/c1-3-29-16-8-23-15(7-24-16)17(27)25-12-4-5-14(21)13(6-12)20-11-28-9-19(20,2)10-30-18(22)26-20/h4-8H,3,9-11H2,1-2H3,(H2,22,26)(H,25,27). The molecule has 2 aliphatic rings. The second-order valence-electron chi connectivity index (χ2n) is 7.47. The van der Waals surface area contributed by atoms with Gasteiger partial charge < -0.3 is 25.3 Å². The van der Waals surface area contributed by atoms with E-state index >= 15 is 0 Å². The number of nitrogens with zero attached hydrogens (tertiary/aromatic N) is 3.